The Kier molecular flexibility index (Phi) is 8.88. The van der Waals surface area contributed by atoms with Crippen LogP contribution in [0, 0.1) is 0 Å². The standard InChI is InChI=1S/C27H30N2O4/c1-2-6-20-12-16-23(17-13-20)28-19-21-10-14-22(15-11-21)27(32)29-24-7-3-4-8-25(24)33-18-5-9-26(30)31/h3-4,7-8,10-17,28H,2,5-6,9,18-19H2,1H3,(H,29,32)(H,30,31). The molecule has 6 nitrogen and oxygen atoms in total. The summed E-state index contributed by atoms with van der Waals surface area (Å²) in [6.07, 6.45) is 2.67. The molecule has 1 amide bonds. The minimum atomic E-state index is -0.858. The van der Waals surface area contributed by atoms with Gasteiger partial charge in [-0.15, -0.1) is 0 Å². The van der Waals surface area contributed by atoms with Crippen LogP contribution in [0.3, 0.4) is 0 Å². The summed E-state index contributed by atoms with van der Waals surface area (Å²) >= 11 is 0. The van der Waals surface area contributed by atoms with Gasteiger partial charge in [-0.2, -0.15) is 0 Å². The third-order valence-corrected chi connectivity index (χ3v) is 5.13. The molecule has 0 aromatic heterocycles. The van der Waals surface area contributed by atoms with E-state index in [0.717, 1.165) is 24.1 Å². The number of aryl methyl sites for hydroxylation is 1. The second kappa shape index (κ2) is 12.3. The van der Waals surface area contributed by atoms with Crippen LogP contribution in [0.2, 0.25) is 0 Å². The van der Waals surface area contributed by atoms with Gasteiger partial charge in [-0.1, -0.05) is 49.7 Å². The molecule has 0 saturated carbocycles. The number of hydrogen-bond acceptors (Lipinski definition) is 4. The van der Waals surface area contributed by atoms with Crippen LogP contribution in [0.1, 0.15) is 47.7 Å². The zero-order chi connectivity index (χ0) is 23.5. The van der Waals surface area contributed by atoms with Gasteiger partial charge in [-0.25, -0.2) is 0 Å². The van der Waals surface area contributed by atoms with Crippen molar-refractivity contribution in [2.75, 3.05) is 17.2 Å². The van der Waals surface area contributed by atoms with Crippen molar-refractivity contribution < 1.29 is 19.4 Å². The van der Waals surface area contributed by atoms with Crippen LogP contribution < -0.4 is 15.4 Å². The number of carboxylic acid groups (broad SMARTS) is 1. The first-order valence-electron chi connectivity index (χ1n) is 11.2. The average Bonchev–Trinajstić information content (AvgIpc) is 2.83. The van der Waals surface area contributed by atoms with Crippen molar-refractivity contribution >= 4 is 23.3 Å². The van der Waals surface area contributed by atoms with Gasteiger partial charge in [-0.3, -0.25) is 9.59 Å². The molecule has 0 unspecified atom stereocenters. The number of nitrogens with one attached hydrogen (secondary N) is 2. The van der Waals surface area contributed by atoms with E-state index in [9.17, 15) is 9.59 Å². The minimum absolute atomic E-state index is 0.0416. The predicted molar refractivity (Wildman–Crippen MR) is 131 cm³/mol. The van der Waals surface area contributed by atoms with Crippen LogP contribution in [0.4, 0.5) is 11.4 Å². The van der Waals surface area contributed by atoms with Gasteiger partial charge in [0.05, 0.1) is 12.3 Å². The maximum atomic E-state index is 12.7. The Balaban J connectivity index is 1.53. The molecule has 0 spiro atoms. The number of hydrogen-bond donors (Lipinski definition) is 3. The monoisotopic (exact) mass is 446 g/mol. The second-order valence-electron chi connectivity index (χ2n) is 7.79. The summed E-state index contributed by atoms with van der Waals surface area (Å²) in [6.45, 7) is 3.11. The van der Waals surface area contributed by atoms with Gasteiger partial charge in [0, 0.05) is 24.2 Å². The molecule has 3 N–H and O–H groups in total. The lowest BCUT2D eigenvalue weighted by Gasteiger charge is -2.12. The minimum Gasteiger partial charge on any atom is -0.491 e. The summed E-state index contributed by atoms with van der Waals surface area (Å²) in [5.74, 6) is -0.576. The maximum Gasteiger partial charge on any atom is 0.303 e. The molecule has 0 heterocycles. The van der Waals surface area contributed by atoms with Gasteiger partial charge in [0.1, 0.15) is 5.75 Å². The van der Waals surface area contributed by atoms with Crippen molar-refractivity contribution in [3.63, 3.8) is 0 Å². The van der Waals surface area contributed by atoms with E-state index < -0.39 is 5.97 Å². The molecule has 3 rings (SSSR count). The topological polar surface area (TPSA) is 87.7 Å². The number of carboxylic acids is 1. The number of anilines is 2. The van der Waals surface area contributed by atoms with E-state index in [4.69, 9.17) is 9.84 Å². The molecule has 3 aromatic rings. The first-order valence-corrected chi connectivity index (χ1v) is 11.2. The van der Waals surface area contributed by atoms with Gasteiger partial charge in [-0.05, 0) is 60.4 Å². The van der Waals surface area contributed by atoms with Gasteiger partial charge in [0.2, 0.25) is 0 Å². The third kappa shape index (κ3) is 7.68. The summed E-state index contributed by atoms with van der Waals surface area (Å²) in [4.78, 5) is 23.3. The Labute approximate surface area is 194 Å². The van der Waals surface area contributed by atoms with Crippen molar-refractivity contribution in [3.05, 3.63) is 89.5 Å². The van der Waals surface area contributed by atoms with Crippen LogP contribution in [-0.2, 0) is 17.8 Å². The van der Waals surface area contributed by atoms with Crippen LogP contribution in [0.5, 0.6) is 5.75 Å². The second-order valence-corrected chi connectivity index (χ2v) is 7.79. The highest BCUT2D eigenvalue weighted by Crippen LogP contribution is 2.25. The van der Waals surface area contributed by atoms with Crippen molar-refractivity contribution in [2.45, 2.75) is 39.2 Å². The number of ether oxygens (including phenoxy) is 1. The molecule has 172 valence electrons. The Morgan fingerprint density at radius 1 is 0.909 bits per heavy atom. The molecule has 6 heteroatoms. The first kappa shape index (κ1) is 23.9. The van der Waals surface area contributed by atoms with E-state index in [1.54, 1.807) is 30.3 Å². The van der Waals surface area contributed by atoms with Crippen molar-refractivity contribution in [2.24, 2.45) is 0 Å². The number of aliphatic carboxylic acids is 1. The van der Waals surface area contributed by atoms with Gasteiger partial charge >= 0.3 is 5.97 Å². The van der Waals surface area contributed by atoms with Crippen LogP contribution in [-0.4, -0.2) is 23.6 Å². The number of rotatable bonds is 12. The van der Waals surface area contributed by atoms with Crippen molar-refractivity contribution in [1.82, 2.24) is 0 Å². The fourth-order valence-electron chi connectivity index (χ4n) is 3.35. The van der Waals surface area contributed by atoms with Gasteiger partial charge in [0.15, 0.2) is 0 Å². The van der Waals surface area contributed by atoms with E-state index in [-0.39, 0.29) is 18.9 Å². The highest BCUT2D eigenvalue weighted by Gasteiger charge is 2.10. The Bertz CT molecular complexity index is 1050. The molecular weight excluding hydrogens is 416 g/mol. The number of benzene rings is 3. The molecule has 0 fully saturated rings. The summed E-state index contributed by atoms with van der Waals surface area (Å²) in [7, 11) is 0. The summed E-state index contributed by atoms with van der Waals surface area (Å²) in [6, 6.07) is 23.1. The molecule has 33 heavy (non-hydrogen) atoms. The quantitative estimate of drug-likeness (QED) is 0.309. The van der Waals surface area contributed by atoms with E-state index in [1.807, 2.05) is 18.2 Å². The molecule has 0 atom stereocenters. The zero-order valence-electron chi connectivity index (χ0n) is 18.8. The molecule has 0 aliphatic carbocycles. The average molecular weight is 447 g/mol. The number of para-hydroxylation sites is 2. The Morgan fingerprint density at radius 3 is 2.30 bits per heavy atom. The number of carbonyl (C=O) groups is 2. The smallest absolute Gasteiger partial charge is 0.303 e. The highest BCUT2D eigenvalue weighted by atomic mass is 16.5. The van der Waals surface area contributed by atoms with E-state index in [2.05, 4.69) is 41.8 Å². The van der Waals surface area contributed by atoms with E-state index in [1.165, 1.54) is 5.56 Å². The fourth-order valence-corrected chi connectivity index (χ4v) is 3.35. The van der Waals surface area contributed by atoms with Gasteiger partial charge in [0.25, 0.3) is 5.91 Å². The predicted octanol–water partition coefficient (Wildman–Crippen LogP) is 5.75. The molecule has 0 aliphatic rings. The first-order chi connectivity index (χ1) is 16.0. The van der Waals surface area contributed by atoms with Crippen LogP contribution in [0.15, 0.2) is 72.8 Å². The summed E-state index contributed by atoms with van der Waals surface area (Å²) < 4.78 is 5.65. The Hall–Kier alpha value is -3.80. The molecular formula is C27H30N2O4. The molecule has 0 saturated heterocycles. The van der Waals surface area contributed by atoms with Crippen molar-refractivity contribution in [1.29, 1.82) is 0 Å². The van der Waals surface area contributed by atoms with E-state index in [0.29, 0.717) is 30.0 Å². The lowest BCUT2D eigenvalue weighted by molar-refractivity contribution is -0.137. The summed E-state index contributed by atoms with van der Waals surface area (Å²) in [5.41, 5.74) is 4.58. The molecule has 0 radical (unpaired) electrons. The zero-order valence-corrected chi connectivity index (χ0v) is 18.8. The third-order valence-electron chi connectivity index (χ3n) is 5.13. The summed E-state index contributed by atoms with van der Waals surface area (Å²) in [5, 5.41) is 15.0. The highest BCUT2D eigenvalue weighted by molar-refractivity contribution is 6.05. The fraction of sp³-hybridized carbons (Fsp3) is 0.259. The number of carbonyl (C=O) groups excluding carboxylic acids is 1. The lowest BCUT2D eigenvalue weighted by Crippen LogP contribution is -2.13. The molecule has 0 aliphatic heterocycles. The molecule has 0 bridgehead atoms. The van der Waals surface area contributed by atoms with Crippen LogP contribution in [0.25, 0.3) is 0 Å². The van der Waals surface area contributed by atoms with E-state index >= 15 is 0 Å². The van der Waals surface area contributed by atoms with Gasteiger partial charge < -0.3 is 20.5 Å². The SMILES string of the molecule is CCCc1ccc(NCc2ccc(C(=O)Nc3ccccc3OCCCC(=O)O)cc2)cc1. The largest absolute Gasteiger partial charge is 0.491 e. The number of amides is 1. The van der Waals surface area contributed by atoms with Crippen molar-refractivity contribution in [3.8, 4) is 5.75 Å². The normalized spacial score (nSPS) is 10.5. The molecule has 3 aromatic carbocycles. The maximum absolute atomic E-state index is 12.7. The van der Waals surface area contributed by atoms with Crippen LogP contribution >= 0.6 is 0 Å². The Morgan fingerprint density at radius 2 is 1.61 bits per heavy atom. The lowest BCUT2D eigenvalue weighted by atomic mass is 10.1.